The smallest absolute Gasteiger partial charge is 0.0911 e. The van der Waals surface area contributed by atoms with Crippen LogP contribution in [0.4, 0.5) is 0 Å². The standard InChI is InChI=1S/C7H12O/c1-2-3-7-4-5-8-6-7/h6H,2-5H2,1H3. The summed E-state index contributed by atoms with van der Waals surface area (Å²) in [4.78, 5) is 0. The average molecular weight is 112 g/mol. The van der Waals surface area contributed by atoms with Crippen molar-refractivity contribution in [1.29, 1.82) is 0 Å². The van der Waals surface area contributed by atoms with Crippen LogP contribution in [0.15, 0.2) is 11.8 Å². The van der Waals surface area contributed by atoms with E-state index >= 15 is 0 Å². The van der Waals surface area contributed by atoms with Crippen molar-refractivity contribution in [1.82, 2.24) is 0 Å². The molecule has 1 nitrogen and oxygen atoms in total. The lowest BCUT2D eigenvalue weighted by Crippen LogP contribution is -1.78. The molecule has 1 aliphatic heterocycles. The molecule has 1 aliphatic rings. The molecule has 0 aliphatic carbocycles. The zero-order valence-corrected chi connectivity index (χ0v) is 5.31. The summed E-state index contributed by atoms with van der Waals surface area (Å²) in [6, 6.07) is 0. The minimum atomic E-state index is 0.912. The quantitative estimate of drug-likeness (QED) is 0.531. The van der Waals surface area contributed by atoms with Gasteiger partial charge in [-0.1, -0.05) is 13.3 Å². The number of hydrogen-bond donors (Lipinski definition) is 0. The highest BCUT2D eigenvalue weighted by Gasteiger charge is 2.01. The minimum Gasteiger partial charge on any atom is -0.501 e. The Bertz CT molecular complexity index is 94.6. The molecule has 0 aromatic carbocycles. The van der Waals surface area contributed by atoms with Gasteiger partial charge in [0.2, 0.25) is 0 Å². The van der Waals surface area contributed by atoms with Crippen LogP contribution < -0.4 is 0 Å². The summed E-state index contributed by atoms with van der Waals surface area (Å²) in [5.74, 6) is 0. The summed E-state index contributed by atoms with van der Waals surface area (Å²) in [6.07, 6.45) is 5.53. The summed E-state index contributed by atoms with van der Waals surface area (Å²) in [7, 11) is 0. The van der Waals surface area contributed by atoms with Gasteiger partial charge in [0.25, 0.3) is 0 Å². The van der Waals surface area contributed by atoms with Gasteiger partial charge in [-0.05, 0) is 12.0 Å². The van der Waals surface area contributed by atoms with Crippen LogP contribution in [0.1, 0.15) is 26.2 Å². The minimum absolute atomic E-state index is 0.912. The first-order chi connectivity index (χ1) is 3.93. The van der Waals surface area contributed by atoms with E-state index < -0.39 is 0 Å². The van der Waals surface area contributed by atoms with E-state index in [2.05, 4.69) is 6.92 Å². The molecule has 0 bridgehead atoms. The second kappa shape index (κ2) is 2.75. The Morgan fingerprint density at radius 3 is 3.12 bits per heavy atom. The van der Waals surface area contributed by atoms with Crippen LogP contribution in [0.5, 0.6) is 0 Å². The van der Waals surface area contributed by atoms with Crippen molar-refractivity contribution in [2.75, 3.05) is 6.61 Å². The van der Waals surface area contributed by atoms with Gasteiger partial charge in [-0.15, -0.1) is 0 Å². The van der Waals surface area contributed by atoms with Gasteiger partial charge in [-0.25, -0.2) is 0 Å². The fraction of sp³-hybridized carbons (Fsp3) is 0.714. The second-order valence-electron chi connectivity index (χ2n) is 2.15. The first-order valence-electron chi connectivity index (χ1n) is 3.23. The van der Waals surface area contributed by atoms with Gasteiger partial charge in [-0.3, -0.25) is 0 Å². The van der Waals surface area contributed by atoms with Gasteiger partial charge < -0.3 is 4.74 Å². The van der Waals surface area contributed by atoms with Crippen LogP contribution in [0.25, 0.3) is 0 Å². The van der Waals surface area contributed by atoms with Crippen molar-refractivity contribution in [2.24, 2.45) is 0 Å². The molecule has 0 amide bonds. The first kappa shape index (κ1) is 5.67. The summed E-state index contributed by atoms with van der Waals surface area (Å²) in [5.41, 5.74) is 1.48. The lowest BCUT2D eigenvalue weighted by molar-refractivity contribution is 0.281. The Kier molecular flexibility index (Phi) is 1.95. The Hall–Kier alpha value is -0.460. The van der Waals surface area contributed by atoms with Gasteiger partial charge in [0.1, 0.15) is 0 Å². The number of rotatable bonds is 2. The van der Waals surface area contributed by atoms with E-state index in [0.29, 0.717) is 0 Å². The molecular formula is C7H12O. The molecule has 1 heteroatoms. The summed E-state index contributed by atoms with van der Waals surface area (Å²) < 4.78 is 5.05. The predicted octanol–water partition coefficient (Wildman–Crippen LogP) is 2.09. The van der Waals surface area contributed by atoms with E-state index in [1.807, 2.05) is 6.26 Å². The average Bonchev–Trinajstić information content (AvgIpc) is 2.19. The largest absolute Gasteiger partial charge is 0.501 e. The van der Waals surface area contributed by atoms with Gasteiger partial charge in [-0.2, -0.15) is 0 Å². The Morgan fingerprint density at radius 2 is 2.62 bits per heavy atom. The summed E-state index contributed by atoms with van der Waals surface area (Å²) in [5, 5.41) is 0. The van der Waals surface area contributed by atoms with E-state index in [1.54, 1.807) is 0 Å². The second-order valence-corrected chi connectivity index (χ2v) is 2.15. The van der Waals surface area contributed by atoms with Crippen molar-refractivity contribution < 1.29 is 4.74 Å². The van der Waals surface area contributed by atoms with E-state index in [4.69, 9.17) is 4.74 Å². The Balaban J connectivity index is 2.23. The third kappa shape index (κ3) is 1.25. The monoisotopic (exact) mass is 112 g/mol. The van der Waals surface area contributed by atoms with E-state index in [-0.39, 0.29) is 0 Å². The molecule has 0 saturated carbocycles. The highest BCUT2D eigenvalue weighted by atomic mass is 16.5. The molecule has 1 heterocycles. The zero-order chi connectivity index (χ0) is 5.82. The van der Waals surface area contributed by atoms with E-state index in [1.165, 1.54) is 18.4 Å². The molecule has 0 saturated heterocycles. The van der Waals surface area contributed by atoms with E-state index in [9.17, 15) is 0 Å². The number of hydrogen-bond acceptors (Lipinski definition) is 1. The molecule has 0 spiro atoms. The van der Waals surface area contributed by atoms with Gasteiger partial charge in [0.05, 0.1) is 12.9 Å². The van der Waals surface area contributed by atoms with Gasteiger partial charge in [0.15, 0.2) is 0 Å². The lowest BCUT2D eigenvalue weighted by atomic mass is 10.1. The molecule has 8 heavy (non-hydrogen) atoms. The highest BCUT2D eigenvalue weighted by molar-refractivity contribution is 5.01. The Labute approximate surface area is 50.3 Å². The Morgan fingerprint density at radius 1 is 1.75 bits per heavy atom. The lowest BCUT2D eigenvalue weighted by Gasteiger charge is -1.90. The van der Waals surface area contributed by atoms with Crippen LogP contribution in [-0.4, -0.2) is 6.61 Å². The van der Waals surface area contributed by atoms with Crippen molar-refractivity contribution >= 4 is 0 Å². The predicted molar refractivity (Wildman–Crippen MR) is 33.6 cm³/mol. The molecule has 0 fully saturated rings. The van der Waals surface area contributed by atoms with Crippen LogP contribution in [-0.2, 0) is 4.74 Å². The molecular weight excluding hydrogens is 100 g/mol. The molecule has 0 radical (unpaired) electrons. The van der Waals surface area contributed by atoms with Crippen molar-refractivity contribution in [2.45, 2.75) is 26.2 Å². The fourth-order valence-corrected chi connectivity index (χ4v) is 0.931. The normalized spacial score (nSPS) is 17.9. The summed E-state index contributed by atoms with van der Waals surface area (Å²) >= 11 is 0. The molecule has 0 N–H and O–H groups in total. The maximum Gasteiger partial charge on any atom is 0.0911 e. The molecule has 0 atom stereocenters. The van der Waals surface area contributed by atoms with Crippen LogP contribution in [0, 0.1) is 0 Å². The zero-order valence-electron chi connectivity index (χ0n) is 5.31. The van der Waals surface area contributed by atoms with Gasteiger partial charge in [0, 0.05) is 6.42 Å². The molecule has 1 rings (SSSR count). The van der Waals surface area contributed by atoms with E-state index in [0.717, 1.165) is 13.0 Å². The van der Waals surface area contributed by atoms with Gasteiger partial charge >= 0.3 is 0 Å². The van der Waals surface area contributed by atoms with Crippen LogP contribution in [0.2, 0.25) is 0 Å². The molecule has 0 aromatic heterocycles. The van der Waals surface area contributed by atoms with Crippen LogP contribution in [0.3, 0.4) is 0 Å². The third-order valence-electron chi connectivity index (χ3n) is 1.36. The maximum absolute atomic E-state index is 5.05. The van der Waals surface area contributed by atoms with Crippen LogP contribution >= 0.6 is 0 Å². The first-order valence-corrected chi connectivity index (χ1v) is 3.23. The SMILES string of the molecule is CCCC1=COCC1. The number of ether oxygens (including phenoxy) is 1. The van der Waals surface area contributed by atoms with Crippen molar-refractivity contribution in [3.8, 4) is 0 Å². The molecule has 46 valence electrons. The molecule has 0 aromatic rings. The van der Waals surface area contributed by atoms with Crippen molar-refractivity contribution in [3.05, 3.63) is 11.8 Å². The topological polar surface area (TPSA) is 9.23 Å². The third-order valence-corrected chi connectivity index (χ3v) is 1.36. The fourth-order valence-electron chi connectivity index (χ4n) is 0.931. The maximum atomic E-state index is 5.05. The summed E-state index contributed by atoms with van der Waals surface area (Å²) in [6.45, 7) is 3.11. The molecule has 0 unspecified atom stereocenters. The van der Waals surface area contributed by atoms with Crippen molar-refractivity contribution in [3.63, 3.8) is 0 Å². The highest BCUT2D eigenvalue weighted by Crippen LogP contribution is 2.14.